The third-order valence-corrected chi connectivity index (χ3v) is 3.60. The van der Waals surface area contributed by atoms with Gasteiger partial charge in [-0.2, -0.15) is 0 Å². The fourth-order valence-corrected chi connectivity index (χ4v) is 2.00. The molecule has 0 saturated carbocycles. The number of carbonyl (C=O) groups excluding carboxylic acids is 2. The molecule has 1 saturated heterocycles. The zero-order valence-corrected chi connectivity index (χ0v) is 10.6. The lowest BCUT2D eigenvalue weighted by Crippen LogP contribution is -2.40. The molecule has 1 heterocycles. The molecule has 0 N–H and O–H groups in total. The number of Topliss-reactive ketones (excluding diaryl/α,β-unsaturated/α-hetero) is 1. The van der Waals surface area contributed by atoms with E-state index in [4.69, 9.17) is 0 Å². The summed E-state index contributed by atoms with van der Waals surface area (Å²) < 4.78 is 1.01. The summed E-state index contributed by atoms with van der Waals surface area (Å²) in [4.78, 5) is 24.6. The zero-order chi connectivity index (χ0) is 11.7. The van der Waals surface area contributed by atoms with Gasteiger partial charge in [0, 0.05) is 23.0 Å². The minimum absolute atomic E-state index is 0.0290. The normalized spacial score (nSPS) is 16.8. The maximum Gasteiger partial charge on any atom is 0.227 e. The summed E-state index contributed by atoms with van der Waals surface area (Å²) in [6, 6.07) is 5.67. The van der Waals surface area contributed by atoms with Gasteiger partial charge in [0.25, 0.3) is 0 Å². The SMILES string of the molecule is Cc1cc(N2CC(=O)CCC2=O)ccc1Br. The van der Waals surface area contributed by atoms with Crippen molar-refractivity contribution < 1.29 is 9.59 Å². The first-order valence-corrected chi connectivity index (χ1v) is 5.95. The van der Waals surface area contributed by atoms with Crippen LogP contribution in [0.4, 0.5) is 5.69 Å². The molecule has 0 radical (unpaired) electrons. The second-order valence-electron chi connectivity index (χ2n) is 3.95. The molecule has 1 fully saturated rings. The van der Waals surface area contributed by atoms with E-state index < -0.39 is 0 Å². The average Bonchev–Trinajstić information content (AvgIpc) is 2.26. The van der Waals surface area contributed by atoms with Crippen molar-refractivity contribution in [2.75, 3.05) is 11.4 Å². The third kappa shape index (κ3) is 2.16. The Balaban J connectivity index is 2.31. The highest BCUT2D eigenvalue weighted by Crippen LogP contribution is 2.25. The molecule has 0 bridgehead atoms. The first-order valence-electron chi connectivity index (χ1n) is 5.16. The number of rotatable bonds is 1. The van der Waals surface area contributed by atoms with Gasteiger partial charge >= 0.3 is 0 Å². The zero-order valence-electron chi connectivity index (χ0n) is 9.00. The van der Waals surface area contributed by atoms with Crippen LogP contribution < -0.4 is 4.90 Å². The van der Waals surface area contributed by atoms with E-state index in [1.807, 2.05) is 25.1 Å². The summed E-state index contributed by atoms with van der Waals surface area (Å²) in [7, 11) is 0. The molecular formula is C12H12BrNO2. The summed E-state index contributed by atoms with van der Waals surface area (Å²) in [6.45, 7) is 2.17. The Labute approximate surface area is 103 Å². The molecule has 1 aliphatic heterocycles. The number of halogens is 1. The van der Waals surface area contributed by atoms with Crippen molar-refractivity contribution in [3.8, 4) is 0 Å². The first kappa shape index (κ1) is 11.3. The van der Waals surface area contributed by atoms with Crippen LogP contribution in [0.3, 0.4) is 0 Å². The van der Waals surface area contributed by atoms with Crippen LogP contribution in [-0.4, -0.2) is 18.2 Å². The van der Waals surface area contributed by atoms with Gasteiger partial charge < -0.3 is 4.90 Å². The van der Waals surface area contributed by atoms with Gasteiger partial charge in [0.05, 0.1) is 6.54 Å². The number of amides is 1. The highest BCUT2D eigenvalue weighted by atomic mass is 79.9. The Hall–Kier alpha value is -1.16. The maximum atomic E-state index is 11.7. The fraction of sp³-hybridized carbons (Fsp3) is 0.333. The monoisotopic (exact) mass is 281 g/mol. The molecule has 2 rings (SSSR count). The van der Waals surface area contributed by atoms with E-state index >= 15 is 0 Å². The van der Waals surface area contributed by atoms with Gasteiger partial charge in [-0.15, -0.1) is 0 Å². The predicted molar refractivity (Wildman–Crippen MR) is 65.5 cm³/mol. The van der Waals surface area contributed by atoms with Gasteiger partial charge in [0.2, 0.25) is 5.91 Å². The topological polar surface area (TPSA) is 37.4 Å². The number of piperidine rings is 1. The number of aryl methyl sites for hydroxylation is 1. The van der Waals surface area contributed by atoms with Crippen LogP contribution in [0, 0.1) is 6.92 Å². The Morgan fingerprint density at radius 2 is 2.00 bits per heavy atom. The van der Waals surface area contributed by atoms with E-state index in [0.717, 1.165) is 15.7 Å². The van der Waals surface area contributed by atoms with E-state index in [-0.39, 0.29) is 18.2 Å². The standard InChI is InChI=1S/C12H12BrNO2/c1-8-6-9(2-4-11(8)13)14-7-10(15)3-5-12(14)16/h2,4,6H,3,5,7H2,1H3. The van der Waals surface area contributed by atoms with Gasteiger partial charge in [-0.3, -0.25) is 9.59 Å². The van der Waals surface area contributed by atoms with Gasteiger partial charge in [0.15, 0.2) is 5.78 Å². The summed E-state index contributed by atoms with van der Waals surface area (Å²) >= 11 is 3.41. The second kappa shape index (κ2) is 4.37. The molecule has 1 aromatic rings. The largest absolute Gasteiger partial charge is 0.305 e. The van der Waals surface area contributed by atoms with Gasteiger partial charge in [0.1, 0.15) is 0 Å². The molecule has 1 aromatic carbocycles. The van der Waals surface area contributed by atoms with Crippen molar-refractivity contribution in [3.05, 3.63) is 28.2 Å². The van der Waals surface area contributed by atoms with Crippen molar-refractivity contribution in [1.29, 1.82) is 0 Å². The highest BCUT2D eigenvalue weighted by molar-refractivity contribution is 9.10. The number of benzene rings is 1. The van der Waals surface area contributed by atoms with Crippen molar-refractivity contribution in [3.63, 3.8) is 0 Å². The number of hydrogen-bond donors (Lipinski definition) is 0. The molecule has 0 aromatic heterocycles. The lowest BCUT2D eigenvalue weighted by Gasteiger charge is -2.26. The molecule has 4 heteroatoms. The Bertz CT molecular complexity index is 456. The summed E-state index contributed by atoms with van der Waals surface area (Å²) in [5.41, 5.74) is 1.86. The Morgan fingerprint density at radius 1 is 1.25 bits per heavy atom. The average molecular weight is 282 g/mol. The molecule has 0 unspecified atom stereocenters. The number of carbonyl (C=O) groups is 2. The number of nitrogens with zero attached hydrogens (tertiary/aromatic N) is 1. The van der Waals surface area contributed by atoms with E-state index in [2.05, 4.69) is 15.9 Å². The fourth-order valence-electron chi connectivity index (χ4n) is 1.76. The second-order valence-corrected chi connectivity index (χ2v) is 4.81. The molecule has 1 amide bonds. The Kier molecular flexibility index (Phi) is 3.10. The molecule has 0 spiro atoms. The molecular weight excluding hydrogens is 270 g/mol. The van der Waals surface area contributed by atoms with E-state index in [1.165, 1.54) is 0 Å². The van der Waals surface area contributed by atoms with Crippen molar-refractivity contribution in [1.82, 2.24) is 0 Å². The van der Waals surface area contributed by atoms with Crippen LogP contribution in [-0.2, 0) is 9.59 Å². The van der Waals surface area contributed by atoms with Crippen LogP contribution >= 0.6 is 15.9 Å². The van der Waals surface area contributed by atoms with Crippen molar-refractivity contribution >= 4 is 33.3 Å². The van der Waals surface area contributed by atoms with Gasteiger partial charge in [-0.1, -0.05) is 15.9 Å². The van der Waals surface area contributed by atoms with Gasteiger partial charge in [-0.05, 0) is 30.7 Å². The van der Waals surface area contributed by atoms with Gasteiger partial charge in [-0.25, -0.2) is 0 Å². The summed E-state index contributed by atoms with van der Waals surface area (Å²) in [6.07, 6.45) is 0.707. The first-order chi connectivity index (χ1) is 7.58. The third-order valence-electron chi connectivity index (χ3n) is 2.71. The molecule has 1 aliphatic rings. The van der Waals surface area contributed by atoms with Crippen LogP contribution in [0.5, 0.6) is 0 Å². The number of ketones is 1. The van der Waals surface area contributed by atoms with E-state index in [9.17, 15) is 9.59 Å². The van der Waals surface area contributed by atoms with Crippen molar-refractivity contribution in [2.24, 2.45) is 0 Å². The van der Waals surface area contributed by atoms with Crippen LogP contribution in [0.15, 0.2) is 22.7 Å². The molecule has 84 valence electrons. The minimum Gasteiger partial charge on any atom is -0.305 e. The van der Waals surface area contributed by atoms with Crippen LogP contribution in [0.2, 0.25) is 0 Å². The lowest BCUT2D eigenvalue weighted by atomic mass is 10.1. The van der Waals surface area contributed by atoms with E-state index in [1.54, 1.807) is 4.90 Å². The quantitative estimate of drug-likeness (QED) is 0.793. The van der Waals surface area contributed by atoms with Crippen LogP contribution in [0.1, 0.15) is 18.4 Å². The van der Waals surface area contributed by atoms with Crippen LogP contribution in [0.25, 0.3) is 0 Å². The smallest absolute Gasteiger partial charge is 0.227 e. The van der Waals surface area contributed by atoms with Crippen molar-refractivity contribution in [2.45, 2.75) is 19.8 Å². The molecule has 0 aliphatic carbocycles. The highest BCUT2D eigenvalue weighted by Gasteiger charge is 2.24. The number of anilines is 1. The Morgan fingerprint density at radius 3 is 2.69 bits per heavy atom. The minimum atomic E-state index is 0.0290. The maximum absolute atomic E-state index is 11.7. The lowest BCUT2D eigenvalue weighted by molar-refractivity contribution is -0.127. The predicted octanol–water partition coefficient (Wildman–Crippen LogP) is 2.45. The summed E-state index contributed by atoms with van der Waals surface area (Å²) in [5, 5.41) is 0. The molecule has 16 heavy (non-hydrogen) atoms. The molecule has 3 nitrogen and oxygen atoms in total. The number of hydrogen-bond acceptors (Lipinski definition) is 2. The van der Waals surface area contributed by atoms with E-state index in [0.29, 0.717) is 12.8 Å². The summed E-state index contributed by atoms with van der Waals surface area (Å²) in [5.74, 6) is 0.154. The molecule has 0 atom stereocenters.